The third kappa shape index (κ3) is 1.65. The molecule has 1 aromatic rings. The Hall–Kier alpha value is -1.09. The smallest absolute Gasteiger partial charge is 0.0687 e. The van der Waals surface area contributed by atoms with Gasteiger partial charge in [0.25, 0.3) is 0 Å². The first kappa shape index (κ1) is 8.51. The Morgan fingerprint density at radius 3 is 3.31 bits per heavy atom. The van der Waals surface area contributed by atoms with E-state index in [1.54, 1.807) is 6.20 Å². The van der Waals surface area contributed by atoms with Gasteiger partial charge in [-0.05, 0) is 25.0 Å². The summed E-state index contributed by atoms with van der Waals surface area (Å²) in [6.45, 7) is 3.54. The lowest BCUT2D eigenvalue weighted by Crippen LogP contribution is -2.29. The molecule has 0 fully saturated rings. The summed E-state index contributed by atoms with van der Waals surface area (Å²) >= 11 is 0. The Labute approximate surface area is 78.0 Å². The lowest BCUT2D eigenvalue weighted by molar-refractivity contribution is 0.200. The van der Waals surface area contributed by atoms with Crippen molar-refractivity contribution in [3.05, 3.63) is 24.0 Å². The number of hydrogen-bond acceptors (Lipinski definition) is 3. The molecule has 1 aliphatic heterocycles. The lowest BCUT2D eigenvalue weighted by atomic mass is 10.2. The van der Waals surface area contributed by atoms with E-state index < -0.39 is 0 Å². The van der Waals surface area contributed by atoms with Gasteiger partial charge in [0.05, 0.1) is 6.10 Å². The summed E-state index contributed by atoms with van der Waals surface area (Å²) in [7, 11) is 0. The van der Waals surface area contributed by atoms with Gasteiger partial charge in [-0.2, -0.15) is 0 Å². The van der Waals surface area contributed by atoms with Crippen LogP contribution in [0, 0.1) is 0 Å². The second-order valence-electron chi connectivity index (χ2n) is 3.55. The number of aliphatic hydroxyl groups is 1. The second-order valence-corrected chi connectivity index (χ2v) is 3.55. The summed E-state index contributed by atoms with van der Waals surface area (Å²) in [4.78, 5) is 6.29. The standard InChI is InChI=1S/C10H14N2O/c1-8(13)7-12-5-3-9-6-11-4-2-10(9)12/h2,4,6,8,13H,3,5,7H2,1H3. The SMILES string of the molecule is CC(O)CN1CCc2cnccc21. The Morgan fingerprint density at radius 1 is 1.69 bits per heavy atom. The van der Waals surface area contributed by atoms with Crippen LogP contribution in [-0.4, -0.2) is 29.3 Å². The summed E-state index contributed by atoms with van der Waals surface area (Å²) in [6.07, 6.45) is 4.51. The van der Waals surface area contributed by atoms with Gasteiger partial charge in [0.2, 0.25) is 0 Å². The Morgan fingerprint density at radius 2 is 2.54 bits per heavy atom. The van der Waals surface area contributed by atoms with Crippen LogP contribution in [0.15, 0.2) is 18.5 Å². The summed E-state index contributed by atoms with van der Waals surface area (Å²) < 4.78 is 0. The van der Waals surface area contributed by atoms with Gasteiger partial charge in [-0.15, -0.1) is 0 Å². The van der Waals surface area contributed by atoms with Crippen LogP contribution in [0.4, 0.5) is 5.69 Å². The van der Waals surface area contributed by atoms with Gasteiger partial charge >= 0.3 is 0 Å². The van der Waals surface area contributed by atoms with Gasteiger partial charge in [-0.25, -0.2) is 0 Å². The number of aromatic nitrogens is 1. The minimum atomic E-state index is -0.265. The van der Waals surface area contributed by atoms with Gasteiger partial charge in [0.1, 0.15) is 0 Å². The maximum Gasteiger partial charge on any atom is 0.0687 e. The topological polar surface area (TPSA) is 36.4 Å². The van der Waals surface area contributed by atoms with Crippen LogP contribution >= 0.6 is 0 Å². The van der Waals surface area contributed by atoms with E-state index in [0.29, 0.717) is 0 Å². The van der Waals surface area contributed by atoms with Crippen LogP contribution in [0.2, 0.25) is 0 Å². The molecule has 70 valence electrons. The van der Waals surface area contributed by atoms with Crippen molar-refractivity contribution in [2.24, 2.45) is 0 Å². The van der Waals surface area contributed by atoms with Crippen molar-refractivity contribution in [3.63, 3.8) is 0 Å². The van der Waals surface area contributed by atoms with Crippen LogP contribution < -0.4 is 4.90 Å². The van der Waals surface area contributed by atoms with Crippen molar-refractivity contribution in [3.8, 4) is 0 Å². The molecule has 1 N–H and O–H groups in total. The van der Waals surface area contributed by atoms with E-state index in [2.05, 4.69) is 9.88 Å². The molecule has 3 heteroatoms. The third-order valence-corrected chi connectivity index (χ3v) is 2.35. The number of pyridine rings is 1. The monoisotopic (exact) mass is 178 g/mol. The summed E-state index contributed by atoms with van der Waals surface area (Å²) in [6, 6.07) is 2.02. The van der Waals surface area contributed by atoms with Crippen molar-refractivity contribution >= 4 is 5.69 Å². The number of hydrogen-bond donors (Lipinski definition) is 1. The molecule has 0 saturated heterocycles. The Bertz CT molecular complexity index is 299. The normalized spacial score (nSPS) is 17.2. The fourth-order valence-electron chi connectivity index (χ4n) is 1.81. The second kappa shape index (κ2) is 3.34. The highest BCUT2D eigenvalue weighted by Crippen LogP contribution is 2.26. The quantitative estimate of drug-likeness (QED) is 0.728. The fourth-order valence-corrected chi connectivity index (χ4v) is 1.81. The molecule has 0 radical (unpaired) electrons. The van der Waals surface area contributed by atoms with Crippen LogP contribution in [0.1, 0.15) is 12.5 Å². The molecule has 0 amide bonds. The van der Waals surface area contributed by atoms with E-state index in [1.165, 1.54) is 11.3 Å². The largest absolute Gasteiger partial charge is 0.392 e. The zero-order valence-electron chi connectivity index (χ0n) is 7.77. The van der Waals surface area contributed by atoms with Crippen LogP contribution in [0.3, 0.4) is 0 Å². The molecule has 1 aromatic heterocycles. The van der Waals surface area contributed by atoms with Crippen molar-refractivity contribution < 1.29 is 5.11 Å². The van der Waals surface area contributed by atoms with Crippen LogP contribution in [0.5, 0.6) is 0 Å². The molecule has 1 atom stereocenters. The van der Waals surface area contributed by atoms with Crippen molar-refractivity contribution in [1.82, 2.24) is 4.98 Å². The van der Waals surface area contributed by atoms with Gasteiger partial charge < -0.3 is 10.0 Å². The molecular formula is C10H14N2O. The molecule has 3 nitrogen and oxygen atoms in total. The highest BCUT2D eigenvalue weighted by Gasteiger charge is 2.19. The highest BCUT2D eigenvalue weighted by molar-refractivity contribution is 5.56. The zero-order chi connectivity index (χ0) is 9.26. The first-order valence-corrected chi connectivity index (χ1v) is 4.63. The number of anilines is 1. The fraction of sp³-hybridized carbons (Fsp3) is 0.500. The molecule has 0 aromatic carbocycles. The van der Waals surface area contributed by atoms with E-state index in [1.807, 2.05) is 19.2 Å². The first-order valence-electron chi connectivity index (χ1n) is 4.63. The van der Waals surface area contributed by atoms with Crippen molar-refractivity contribution in [2.45, 2.75) is 19.4 Å². The average Bonchev–Trinajstić information content (AvgIpc) is 2.48. The highest BCUT2D eigenvalue weighted by atomic mass is 16.3. The molecule has 0 bridgehead atoms. The molecule has 0 aliphatic carbocycles. The van der Waals surface area contributed by atoms with E-state index in [-0.39, 0.29) is 6.10 Å². The predicted molar refractivity (Wildman–Crippen MR) is 51.8 cm³/mol. The summed E-state index contributed by atoms with van der Waals surface area (Å²) in [5.74, 6) is 0. The van der Waals surface area contributed by atoms with Crippen LogP contribution in [-0.2, 0) is 6.42 Å². The minimum absolute atomic E-state index is 0.265. The Balaban J connectivity index is 2.18. The zero-order valence-corrected chi connectivity index (χ0v) is 7.77. The molecule has 0 saturated carbocycles. The predicted octanol–water partition coefficient (Wildman–Crippen LogP) is 0.825. The first-order chi connectivity index (χ1) is 6.27. The van der Waals surface area contributed by atoms with Crippen molar-refractivity contribution in [2.75, 3.05) is 18.0 Å². The minimum Gasteiger partial charge on any atom is -0.392 e. The van der Waals surface area contributed by atoms with Gasteiger partial charge in [-0.1, -0.05) is 0 Å². The molecule has 1 unspecified atom stereocenters. The maximum absolute atomic E-state index is 9.28. The number of β-amino-alcohol motifs (C(OH)–C–C–N with tert-alkyl or cyclic N) is 1. The summed E-state index contributed by atoms with van der Waals surface area (Å²) in [5, 5.41) is 9.28. The molecule has 13 heavy (non-hydrogen) atoms. The molecular weight excluding hydrogens is 164 g/mol. The lowest BCUT2D eigenvalue weighted by Gasteiger charge is -2.20. The van der Waals surface area contributed by atoms with Gasteiger partial charge in [0, 0.05) is 31.2 Å². The molecule has 2 heterocycles. The number of fused-ring (bicyclic) bond motifs is 1. The van der Waals surface area contributed by atoms with E-state index in [0.717, 1.165) is 19.5 Å². The third-order valence-electron chi connectivity index (χ3n) is 2.35. The summed E-state index contributed by atoms with van der Waals surface area (Å²) in [5.41, 5.74) is 2.53. The number of nitrogens with zero attached hydrogens (tertiary/aromatic N) is 2. The number of aliphatic hydroxyl groups excluding tert-OH is 1. The Kier molecular flexibility index (Phi) is 2.19. The maximum atomic E-state index is 9.28. The number of rotatable bonds is 2. The van der Waals surface area contributed by atoms with E-state index in [9.17, 15) is 5.11 Å². The van der Waals surface area contributed by atoms with E-state index >= 15 is 0 Å². The average molecular weight is 178 g/mol. The van der Waals surface area contributed by atoms with Gasteiger partial charge in [-0.3, -0.25) is 4.98 Å². The van der Waals surface area contributed by atoms with Crippen LogP contribution in [0.25, 0.3) is 0 Å². The molecule has 2 rings (SSSR count). The molecule has 1 aliphatic rings. The van der Waals surface area contributed by atoms with Crippen molar-refractivity contribution in [1.29, 1.82) is 0 Å². The molecule has 0 spiro atoms. The van der Waals surface area contributed by atoms with E-state index in [4.69, 9.17) is 0 Å². The van der Waals surface area contributed by atoms with Gasteiger partial charge in [0.15, 0.2) is 0 Å².